The van der Waals surface area contributed by atoms with E-state index < -0.39 is 0 Å². The van der Waals surface area contributed by atoms with Gasteiger partial charge in [-0.15, -0.1) is 0 Å². The molecular weight excluding hydrogens is 376 g/mol. The van der Waals surface area contributed by atoms with Gasteiger partial charge in [-0.25, -0.2) is 0 Å². The summed E-state index contributed by atoms with van der Waals surface area (Å²) in [6.45, 7) is 0. The molecule has 0 saturated carbocycles. The maximum Gasteiger partial charge on any atom is 0.127 e. The van der Waals surface area contributed by atoms with Crippen LogP contribution in [-0.4, -0.2) is 5.71 Å². The molecule has 0 amide bonds. The first kappa shape index (κ1) is 19.2. The van der Waals surface area contributed by atoms with Gasteiger partial charge in [0, 0.05) is 11.1 Å². The number of nitrogens with zero attached hydrogens (tertiary/aromatic N) is 1. The van der Waals surface area contributed by atoms with Crippen LogP contribution in [0.25, 0.3) is 6.08 Å². The van der Waals surface area contributed by atoms with Gasteiger partial charge in [0.05, 0.1) is 11.8 Å². The zero-order valence-corrected chi connectivity index (χ0v) is 17.2. The summed E-state index contributed by atoms with van der Waals surface area (Å²) < 4.78 is 0. The molecule has 2 atom stereocenters. The van der Waals surface area contributed by atoms with Crippen molar-refractivity contribution in [3.63, 3.8) is 0 Å². The third-order valence-corrected chi connectivity index (χ3v) is 5.58. The van der Waals surface area contributed by atoms with Gasteiger partial charge in [-0.2, -0.15) is 0 Å². The Balaban J connectivity index is 1.71. The predicted octanol–water partition coefficient (Wildman–Crippen LogP) is 6.60. The van der Waals surface area contributed by atoms with Crippen molar-refractivity contribution in [2.45, 2.75) is 12.2 Å². The second-order valence-corrected chi connectivity index (χ2v) is 7.68. The molecule has 1 N–H and O–H groups in total. The van der Waals surface area contributed by atoms with Crippen LogP contribution >= 0.6 is 0 Å². The fourth-order valence-corrected chi connectivity index (χ4v) is 4.07. The highest BCUT2D eigenvalue weighted by molar-refractivity contribution is 6.16. The molecule has 1 heterocycles. The highest BCUT2D eigenvalue weighted by Gasteiger charge is 2.30. The topological polar surface area (TPSA) is 24.4 Å². The molecule has 0 spiro atoms. The van der Waals surface area contributed by atoms with Gasteiger partial charge in [0.1, 0.15) is 6.17 Å². The molecule has 150 valence electrons. The van der Waals surface area contributed by atoms with Gasteiger partial charge in [0.15, 0.2) is 0 Å². The lowest BCUT2D eigenvalue weighted by atomic mass is 9.87. The number of hydrogen-bond donors (Lipinski definition) is 1. The monoisotopic (exact) mass is 400 g/mol. The van der Waals surface area contributed by atoms with Gasteiger partial charge < -0.3 is 0 Å². The van der Waals surface area contributed by atoms with Crippen LogP contribution in [-0.2, 0) is 0 Å². The van der Waals surface area contributed by atoms with Crippen LogP contribution < -0.4 is 5.32 Å². The van der Waals surface area contributed by atoms with Crippen LogP contribution in [0.4, 0.5) is 0 Å². The summed E-state index contributed by atoms with van der Waals surface area (Å²) >= 11 is 0. The van der Waals surface area contributed by atoms with E-state index in [-0.39, 0.29) is 12.2 Å². The van der Waals surface area contributed by atoms with E-state index in [1.807, 2.05) is 12.1 Å². The molecule has 0 fully saturated rings. The smallest absolute Gasteiger partial charge is 0.127 e. The second kappa shape index (κ2) is 8.95. The fourth-order valence-electron chi connectivity index (χ4n) is 4.07. The number of hydrogen-bond acceptors (Lipinski definition) is 2. The molecule has 0 radical (unpaired) electrons. The van der Waals surface area contributed by atoms with E-state index in [4.69, 9.17) is 4.99 Å². The van der Waals surface area contributed by atoms with Crippen molar-refractivity contribution in [3.05, 3.63) is 149 Å². The fraction of sp³-hybridized carbons (Fsp3) is 0.0690. The maximum atomic E-state index is 5.21. The molecule has 2 heteroatoms. The summed E-state index contributed by atoms with van der Waals surface area (Å²) in [5, 5.41) is 3.80. The minimum absolute atomic E-state index is 0.0271. The van der Waals surface area contributed by atoms with Crippen molar-refractivity contribution in [2.75, 3.05) is 0 Å². The number of nitrogens with one attached hydrogen (secondary N) is 1. The Morgan fingerprint density at radius 2 is 1.10 bits per heavy atom. The van der Waals surface area contributed by atoms with E-state index in [9.17, 15) is 0 Å². The van der Waals surface area contributed by atoms with E-state index in [1.54, 1.807) is 0 Å². The molecule has 31 heavy (non-hydrogen) atoms. The predicted molar refractivity (Wildman–Crippen MR) is 129 cm³/mol. The maximum absolute atomic E-state index is 5.21. The first-order valence-electron chi connectivity index (χ1n) is 10.6. The van der Waals surface area contributed by atoms with Crippen molar-refractivity contribution in [1.82, 2.24) is 5.32 Å². The molecule has 1 aliphatic heterocycles. The van der Waals surface area contributed by atoms with E-state index in [2.05, 4.69) is 121 Å². The molecule has 0 bridgehead atoms. The Hall–Kier alpha value is -3.75. The Kier molecular flexibility index (Phi) is 5.55. The lowest BCUT2D eigenvalue weighted by molar-refractivity contribution is 0.488. The summed E-state index contributed by atoms with van der Waals surface area (Å²) in [7, 11) is 0. The summed E-state index contributed by atoms with van der Waals surface area (Å²) in [6.07, 6.45) is 2.15. The van der Waals surface area contributed by atoms with E-state index in [0.29, 0.717) is 0 Å². The normalized spacial score (nSPS) is 19.7. The average molecular weight is 401 g/mol. The van der Waals surface area contributed by atoms with Crippen molar-refractivity contribution >= 4 is 11.8 Å². The average Bonchev–Trinajstić information content (AvgIpc) is 2.86. The van der Waals surface area contributed by atoms with Gasteiger partial charge in [-0.1, -0.05) is 121 Å². The Morgan fingerprint density at radius 1 is 0.581 bits per heavy atom. The van der Waals surface area contributed by atoms with Crippen molar-refractivity contribution < 1.29 is 0 Å². The molecule has 2 nitrogen and oxygen atoms in total. The van der Waals surface area contributed by atoms with Gasteiger partial charge >= 0.3 is 0 Å². The molecule has 5 rings (SSSR count). The van der Waals surface area contributed by atoms with Crippen LogP contribution in [0.5, 0.6) is 0 Å². The lowest BCUT2D eigenvalue weighted by Gasteiger charge is -2.33. The molecule has 0 aromatic heterocycles. The van der Waals surface area contributed by atoms with Crippen LogP contribution in [0.15, 0.2) is 132 Å². The lowest BCUT2D eigenvalue weighted by Crippen LogP contribution is -2.35. The molecule has 2 unspecified atom stereocenters. The first-order chi connectivity index (χ1) is 15.4. The summed E-state index contributed by atoms with van der Waals surface area (Å²) in [6, 6.07) is 42.1. The Morgan fingerprint density at radius 3 is 1.71 bits per heavy atom. The SMILES string of the molecule is C(=C1\C(c2ccccc2)=NC(c2ccccc2)NC1c1ccccc1)/c1ccccc1. The van der Waals surface area contributed by atoms with Crippen molar-refractivity contribution in [1.29, 1.82) is 0 Å². The number of aliphatic imine (C=N–C) groups is 1. The molecular formula is C29H24N2. The Bertz CT molecular complexity index is 1180. The molecule has 1 aliphatic rings. The van der Waals surface area contributed by atoms with Crippen molar-refractivity contribution in [2.24, 2.45) is 4.99 Å². The minimum atomic E-state index is -0.116. The number of benzene rings is 4. The summed E-state index contributed by atoms with van der Waals surface area (Å²) in [4.78, 5) is 5.21. The highest BCUT2D eigenvalue weighted by Crippen LogP contribution is 2.35. The van der Waals surface area contributed by atoms with Gasteiger partial charge in [-0.3, -0.25) is 10.3 Å². The molecule has 0 aliphatic carbocycles. The Labute approximate surface area is 183 Å². The third kappa shape index (κ3) is 4.25. The van der Waals surface area contributed by atoms with Gasteiger partial charge in [0.25, 0.3) is 0 Å². The quantitative estimate of drug-likeness (QED) is 0.410. The van der Waals surface area contributed by atoms with Crippen molar-refractivity contribution in [3.8, 4) is 0 Å². The van der Waals surface area contributed by atoms with Gasteiger partial charge in [0.2, 0.25) is 0 Å². The van der Waals surface area contributed by atoms with E-state index >= 15 is 0 Å². The third-order valence-electron chi connectivity index (χ3n) is 5.58. The highest BCUT2D eigenvalue weighted by atomic mass is 15.1. The molecule has 4 aromatic carbocycles. The summed E-state index contributed by atoms with van der Waals surface area (Å²) in [5.74, 6) is 0. The van der Waals surface area contributed by atoms with Gasteiger partial charge in [-0.05, 0) is 22.8 Å². The zero-order valence-electron chi connectivity index (χ0n) is 17.2. The van der Waals surface area contributed by atoms with Crippen LogP contribution in [0, 0.1) is 0 Å². The first-order valence-corrected chi connectivity index (χ1v) is 10.6. The number of rotatable bonds is 4. The second-order valence-electron chi connectivity index (χ2n) is 7.68. The zero-order chi connectivity index (χ0) is 20.9. The minimum Gasteiger partial charge on any atom is -0.281 e. The molecule has 0 saturated heterocycles. The van der Waals surface area contributed by atoms with Crippen LogP contribution in [0.1, 0.15) is 34.5 Å². The van der Waals surface area contributed by atoms with Crippen LogP contribution in [0.3, 0.4) is 0 Å². The standard InChI is InChI=1S/C29H24N2/c1-5-13-22(14-6-1)21-26-27(23-15-7-2-8-16-23)30-29(25-19-11-4-12-20-25)31-28(26)24-17-9-3-10-18-24/h1-21,27,29-30H/b26-21+. The van der Waals surface area contributed by atoms with Crippen LogP contribution in [0.2, 0.25) is 0 Å². The molecule has 4 aromatic rings. The van der Waals surface area contributed by atoms with E-state index in [0.717, 1.165) is 16.8 Å². The largest absolute Gasteiger partial charge is 0.281 e. The van der Waals surface area contributed by atoms with E-state index in [1.165, 1.54) is 16.7 Å². The summed E-state index contributed by atoms with van der Waals surface area (Å²) in [5.41, 5.74) is 6.90.